The molecular formula is C15H15N3O3. The van der Waals surface area contributed by atoms with E-state index >= 15 is 0 Å². The summed E-state index contributed by atoms with van der Waals surface area (Å²) >= 11 is 0. The Morgan fingerprint density at radius 2 is 2.05 bits per heavy atom. The first-order chi connectivity index (χ1) is 10.1. The average molecular weight is 285 g/mol. The number of ether oxygens (including phenoxy) is 1. The van der Waals surface area contributed by atoms with E-state index in [0.29, 0.717) is 22.4 Å². The second kappa shape index (κ2) is 6.09. The van der Waals surface area contributed by atoms with Gasteiger partial charge in [0.1, 0.15) is 0 Å². The van der Waals surface area contributed by atoms with E-state index in [1.54, 1.807) is 38.1 Å². The molecule has 0 unspecified atom stereocenters. The Morgan fingerprint density at radius 1 is 1.38 bits per heavy atom. The number of allylic oxidation sites excluding steroid dienone is 1. The second-order valence-electron chi connectivity index (χ2n) is 4.52. The van der Waals surface area contributed by atoms with Crippen LogP contribution in [0.25, 0.3) is 0 Å². The zero-order valence-electron chi connectivity index (χ0n) is 11.8. The van der Waals surface area contributed by atoms with E-state index in [1.807, 2.05) is 6.07 Å². The van der Waals surface area contributed by atoms with E-state index in [0.717, 1.165) is 0 Å². The SMILES string of the molecule is CCOC(=O)C1=C(C)NC(=O)N[C@@H]1c1ccc(C#N)cc1. The highest BCUT2D eigenvalue weighted by Crippen LogP contribution is 2.27. The van der Waals surface area contributed by atoms with Crippen molar-refractivity contribution < 1.29 is 14.3 Å². The summed E-state index contributed by atoms with van der Waals surface area (Å²) in [7, 11) is 0. The molecule has 0 aliphatic carbocycles. The molecule has 108 valence electrons. The molecule has 0 aromatic heterocycles. The molecule has 6 nitrogen and oxygen atoms in total. The summed E-state index contributed by atoms with van der Waals surface area (Å²) in [5.74, 6) is -0.475. The second-order valence-corrected chi connectivity index (χ2v) is 4.52. The maximum atomic E-state index is 12.1. The van der Waals surface area contributed by atoms with E-state index in [-0.39, 0.29) is 12.6 Å². The number of benzene rings is 1. The number of esters is 1. The molecule has 0 radical (unpaired) electrons. The number of urea groups is 1. The fourth-order valence-electron chi connectivity index (χ4n) is 2.17. The Labute approximate surface area is 122 Å². The number of carbonyl (C=O) groups excluding carboxylic acids is 2. The summed E-state index contributed by atoms with van der Waals surface area (Å²) in [4.78, 5) is 23.7. The number of carbonyl (C=O) groups is 2. The number of nitrogens with zero attached hydrogens (tertiary/aromatic N) is 1. The van der Waals surface area contributed by atoms with Crippen LogP contribution >= 0.6 is 0 Å². The predicted octanol–water partition coefficient (Wildman–Crippen LogP) is 1.75. The fraction of sp³-hybridized carbons (Fsp3) is 0.267. The number of amides is 2. The van der Waals surface area contributed by atoms with Crippen LogP contribution in [0.15, 0.2) is 35.5 Å². The minimum Gasteiger partial charge on any atom is -0.463 e. The molecule has 1 heterocycles. The smallest absolute Gasteiger partial charge is 0.338 e. The average Bonchev–Trinajstić information content (AvgIpc) is 2.46. The number of rotatable bonds is 3. The maximum Gasteiger partial charge on any atom is 0.338 e. The highest BCUT2D eigenvalue weighted by molar-refractivity contribution is 5.95. The van der Waals surface area contributed by atoms with Crippen LogP contribution in [0.3, 0.4) is 0 Å². The fourth-order valence-corrected chi connectivity index (χ4v) is 2.17. The van der Waals surface area contributed by atoms with Gasteiger partial charge in [-0.1, -0.05) is 12.1 Å². The lowest BCUT2D eigenvalue weighted by molar-refractivity contribution is -0.139. The molecule has 1 aromatic rings. The van der Waals surface area contributed by atoms with Crippen LogP contribution in [-0.4, -0.2) is 18.6 Å². The highest BCUT2D eigenvalue weighted by atomic mass is 16.5. The predicted molar refractivity (Wildman–Crippen MR) is 74.9 cm³/mol. The summed E-state index contributed by atoms with van der Waals surface area (Å²) in [6.07, 6.45) is 0. The Morgan fingerprint density at radius 3 is 2.62 bits per heavy atom. The first-order valence-electron chi connectivity index (χ1n) is 6.52. The van der Waals surface area contributed by atoms with Crippen LogP contribution < -0.4 is 10.6 Å². The zero-order chi connectivity index (χ0) is 15.4. The lowest BCUT2D eigenvalue weighted by Crippen LogP contribution is -2.45. The minimum atomic E-state index is -0.592. The van der Waals surface area contributed by atoms with Crippen molar-refractivity contribution in [3.05, 3.63) is 46.7 Å². The molecule has 2 amide bonds. The Balaban J connectivity index is 2.42. The number of nitrogens with one attached hydrogen (secondary N) is 2. The number of hydrogen-bond donors (Lipinski definition) is 2. The summed E-state index contributed by atoms with van der Waals surface area (Å²) < 4.78 is 5.04. The summed E-state index contributed by atoms with van der Waals surface area (Å²) in [5, 5.41) is 14.1. The Bertz CT molecular complexity index is 641. The Kier molecular flexibility index (Phi) is 4.24. The van der Waals surface area contributed by atoms with Crippen LogP contribution in [0.5, 0.6) is 0 Å². The molecule has 0 spiro atoms. The van der Waals surface area contributed by atoms with Crippen molar-refractivity contribution in [2.45, 2.75) is 19.9 Å². The van der Waals surface area contributed by atoms with Crippen molar-refractivity contribution >= 4 is 12.0 Å². The van der Waals surface area contributed by atoms with E-state index < -0.39 is 12.0 Å². The van der Waals surface area contributed by atoms with Gasteiger partial charge in [-0.15, -0.1) is 0 Å². The van der Waals surface area contributed by atoms with Gasteiger partial charge in [-0.25, -0.2) is 9.59 Å². The van der Waals surface area contributed by atoms with E-state index in [9.17, 15) is 9.59 Å². The molecule has 0 saturated heterocycles. The molecule has 1 atom stereocenters. The quantitative estimate of drug-likeness (QED) is 0.828. The van der Waals surface area contributed by atoms with Gasteiger partial charge in [0.05, 0.1) is 29.9 Å². The van der Waals surface area contributed by atoms with Crippen LogP contribution in [0.4, 0.5) is 4.79 Å². The van der Waals surface area contributed by atoms with Crippen LogP contribution in [0.1, 0.15) is 31.0 Å². The first kappa shape index (κ1) is 14.6. The lowest BCUT2D eigenvalue weighted by Gasteiger charge is -2.28. The van der Waals surface area contributed by atoms with Crippen LogP contribution in [0.2, 0.25) is 0 Å². The van der Waals surface area contributed by atoms with Gasteiger partial charge in [-0.2, -0.15) is 5.26 Å². The van der Waals surface area contributed by atoms with Crippen LogP contribution in [0, 0.1) is 11.3 Å². The maximum absolute atomic E-state index is 12.1. The summed E-state index contributed by atoms with van der Waals surface area (Å²) in [5.41, 5.74) is 2.05. The molecule has 1 aliphatic heterocycles. The molecule has 6 heteroatoms. The Hall–Kier alpha value is -2.81. The number of nitriles is 1. The van der Waals surface area contributed by atoms with Crippen molar-refractivity contribution in [3.8, 4) is 6.07 Å². The molecule has 0 saturated carbocycles. The van der Waals surface area contributed by atoms with Crippen molar-refractivity contribution in [1.29, 1.82) is 5.26 Å². The van der Waals surface area contributed by atoms with Gasteiger partial charge < -0.3 is 15.4 Å². The minimum absolute atomic E-state index is 0.254. The van der Waals surface area contributed by atoms with Crippen molar-refractivity contribution in [2.75, 3.05) is 6.61 Å². The summed E-state index contributed by atoms with van der Waals surface area (Å²) in [6.45, 7) is 3.63. The normalized spacial score (nSPS) is 17.6. The monoisotopic (exact) mass is 285 g/mol. The first-order valence-corrected chi connectivity index (χ1v) is 6.52. The molecule has 21 heavy (non-hydrogen) atoms. The molecule has 1 aliphatic rings. The number of hydrogen-bond acceptors (Lipinski definition) is 4. The van der Waals surface area contributed by atoms with Crippen molar-refractivity contribution in [3.63, 3.8) is 0 Å². The highest BCUT2D eigenvalue weighted by Gasteiger charge is 2.31. The molecule has 0 bridgehead atoms. The van der Waals surface area contributed by atoms with Gasteiger partial charge in [0.15, 0.2) is 0 Å². The lowest BCUT2D eigenvalue weighted by atomic mass is 9.95. The third-order valence-electron chi connectivity index (χ3n) is 3.14. The molecular weight excluding hydrogens is 270 g/mol. The molecule has 2 rings (SSSR count). The third kappa shape index (κ3) is 3.03. The third-order valence-corrected chi connectivity index (χ3v) is 3.14. The van der Waals surface area contributed by atoms with E-state index in [1.165, 1.54) is 0 Å². The van der Waals surface area contributed by atoms with Gasteiger partial charge in [0.25, 0.3) is 0 Å². The zero-order valence-corrected chi connectivity index (χ0v) is 11.8. The largest absolute Gasteiger partial charge is 0.463 e. The summed E-state index contributed by atoms with van der Waals surface area (Å²) in [6, 6.07) is 7.75. The van der Waals surface area contributed by atoms with Gasteiger partial charge in [-0.05, 0) is 31.5 Å². The van der Waals surface area contributed by atoms with Gasteiger partial charge in [0, 0.05) is 5.70 Å². The van der Waals surface area contributed by atoms with Gasteiger partial charge in [-0.3, -0.25) is 0 Å². The topological polar surface area (TPSA) is 91.2 Å². The van der Waals surface area contributed by atoms with Crippen molar-refractivity contribution in [1.82, 2.24) is 10.6 Å². The van der Waals surface area contributed by atoms with E-state index in [4.69, 9.17) is 10.00 Å². The van der Waals surface area contributed by atoms with Gasteiger partial charge >= 0.3 is 12.0 Å². The van der Waals surface area contributed by atoms with Crippen LogP contribution in [-0.2, 0) is 9.53 Å². The molecule has 0 fully saturated rings. The van der Waals surface area contributed by atoms with Gasteiger partial charge in [0.2, 0.25) is 0 Å². The molecule has 1 aromatic carbocycles. The van der Waals surface area contributed by atoms with Crippen molar-refractivity contribution in [2.24, 2.45) is 0 Å². The van der Waals surface area contributed by atoms with E-state index in [2.05, 4.69) is 10.6 Å². The molecule has 2 N–H and O–H groups in total. The standard InChI is InChI=1S/C15H15N3O3/c1-3-21-14(19)12-9(2)17-15(20)18-13(12)11-6-4-10(8-16)5-7-11/h4-7,13H,3H2,1-2H3,(H2,17,18,20)/t13-/m1/s1.